The van der Waals surface area contributed by atoms with E-state index >= 15 is 0 Å². The average Bonchev–Trinajstić information content (AvgIpc) is 2.58. The van der Waals surface area contributed by atoms with E-state index < -0.39 is 5.97 Å². The molecule has 2 aromatic carbocycles. The van der Waals surface area contributed by atoms with Crippen molar-refractivity contribution in [3.05, 3.63) is 69.7 Å². The fourth-order valence-corrected chi connectivity index (χ4v) is 2.42. The fourth-order valence-electron chi connectivity index (χ4n) is 1.84. The number of halogens is 1. The van der Waals surface area contributed by atoms with Crippen LogP contribution < -0.4 is 4.74 Å². The third kappa shape index (κ3) is 4.97. The first-order valence-corrected chi connectivity index (χ1v) is 7.59. The fraction of sp³-hybridized carbons (Fsp3) is 0.111. The predicted molar refractivity (Wildman–Crippen MR) is 90.7 cm³/mol. The van der Waals surface area contributed by atoms with Gasteiger partial charge in [0.15, 0.2) is 0 Å². The van der Waals surface area contributed by atoms with Gasteiger partial charge < -0.3 is 9.47 Å². The second-order valence-electron chi connectivity index (χ2n) is 4.64. The van der Waals surface area contributed by atoms with Gasteiger partial charge in [0.1, 0.15) is 12.4 Å². The SMILES string of the molecule is COc1ccc(COC(=O)/C=C/c2ccc(C#N)cc2)cc1Br. The van der Waals surface area contributed by atoms with Gasteiger partial charge in [-0.15, -0.1) is 0 Å². The highest BCUT2D eigenvalue weighted by atomic mass is 79.9. The number of hydrogen-bond acceptors (Lipinski definition) is 4. The molecule has 0 fully saturated rings. The van der Waals surface area contributed by atoms with Crippen LogP contribution in [0.3, 0.4) is 0 Å². The van der Waals surface area contributed by atoms with E-state index in [0.717, 1.165) is 21.3 Å². The van der Waals surface area contributed by atoms with Gasteiger partial charge in [-0.25, -0.2) is 4.79 Å². The van der Waals surface area contributed by atoms with Crippen LogP contribution in [0.15, 0.2) is 53.0 Å². The van der Waals surface area contributed by atoms with Gasteiger partial charge in [0.2, 0.25) is 0 Å². The van der Waals surface area contributed by atoms with Crippen molar-refractivity contribution in [3.63, 3.8) is 0 Å². The second kappa shape index (κ2) is 8.16. The molecular formula is C18H14BrNO3. The highest BCUT2D eigenvalue weighted by molar-refractivity contribution is 9.10. The molecule has 0 N–H and O–H groups in total. The number of benzene rings is 2. The molecule has 0 saturated carbocycles. The van der Waals surface area contributed by atoms with E-state index in [1.54, 1.807) is 43.5 Å². The van der Waals surface area contributed by atoms with Crippen LogP contribution in [0.25, 0.3) is 6.08 Å². The van der Waals surface area contributed by atoms with Gasteiger partial charge in [0.05, 0.1) is 23.2 Å². The number of nitriles is 1. The molecule has 0 aromatic heterocycles. The van der Waals surface area contributed by atoms with Gasteiger partial charge in [0.25, 0.3) is 0 Å². The van der Waals surface area contributed by atoms with E-state index in [-0.39, 0.29) is 6.61 Å². The van der Waals surface area contributed by atoms with E-state index in [2.05, 4.69) is 15.9 Å². The molecule has 0 aliphatic heterocycles. The first kappa shape index (κ1) is 16.8. The van der Waals surface area contributed by atoms with Gasteiger partial charge in [-0.1, -0.05) is 18.2 Å². The zero-order valence-corrected chi connectivity index (χ0v) is 14.0. The second-order valence-corrected chi connectivity index (χ2v) is 5.50. The average molecular weight is 372 g/mol. The Morgan fingerprint density at radius 3 is 2.61 bits per heavy atom. The summed E-state index contributed by atoms with van der Waals surface area (Å²) in [4.78, 5) is 11.7. The Morgan fingerprint density at radius 2 is 2.00 bits per heavy atom. The molecule has 0 radical (unpaired) electrons. The molecule has 5 heteroatoms. The number of carbonyl (C=O) groups is 1. The molecule has 0 saturated heterocycles. The van der Waals surface area contributed by atoms with Crippen molar-refractivity contribution in [2.45, 2.75) is 6.61 Å². The third-order valence-electron chi connectivity index (χ3n) is 3.05. The highest BCUT2D eigenvalue weighted by Gasteiger charge is 2.03. The molecule has 0 unspecified atom stereocenters. The molecule has 2 aromatic rings. The highest BCUT2D eigenvalue weighted by Crippen LogP contribution is 2.25. The van der Waals surface area contributed by atoms with Crippen molar-refractivity contribution in [2.75, 3.05) is 7.11 Å². The Hall–Kier alpha value is -2.58. The van der Waals surface area contributed by atoms with Gasteiger partial charge in [-0.05, 0) is 57.4 Å². The normalized spacial score (nSPS) is 10.3. The van der Waals surface area contributed by atoms with Gasteiger partial charge >= 0.3 is 5.97 Å². The smallest absolute Gasteiger partial charge is 0.331 e. The Labute approximate surface area is 143 Å². The van der Waals surface area contributed by atoms with Gasteiger partial charge in [-0.2, -0.15) is 5.26 Å². The lowest BCUT2D eigenvalue weighted by Gasteiger charge is -2.06. The standard InChI is InChI=1S/C18H14BrNO3/c1-22-17-8-6-15(10-16(17)19)12-23-18(21)9-7-13-2-4-14(11-20)5-3-13/h2-10H,12H2,1H3/b9-7+. The number of rotatable bonds is 5. The van der Waals surface area contributed by atoms with Crippen LogP contribution in [0.5, 0.6) is 5.75 Å². The lowest BCUT2D eigenvalue weighted by Crippen LogP contribution is -2.01. The van der Waals surface area contributed by atoms with E-state index in [1.807, 2.05) is 18.2 Å². The van der Waals surface area contributed by atoms with Crippen molar-refractivity contribution >= 4 is 28.0 Å². The molecule has 0 heterocycles. The van der Waals surface area contributed by atoms with Crippen LogP contribution in [-0.2, 0) is 16.1 Å². The largest absolute Gasteiger partial charge is 0.496 e. The van der Waals surface area contributed by atoms with Crippen LogP contribution in [-0.4, -0.2) is 13.1 Å². The van der Waals surface area contributed by atoms with Crippen molar-refractivity contribution in [1.29, 1.82) is 5.26 Å². The van der Waals surface area contributed by atoms with E-state index in [4.69, 9.17) is 14.7 Å². The molecule has 23 heavy (non-hydrogen) atoms. The maximum absolute atomic E-state index is 11.7. The molecule has 2 rings (SSSR count). The van der Waals surface area contributed by atoms with Crippen molar-refractivity contribution < 1.29 is 14.3 Å². The molecule has 0 aliphatic carbocycles. The molecule has 116 valence electrons. The third-order valence-corrected chi connectivity index (χ3v) is 3.67. The minimum atomic E-state index is -0.429. The number of carbonyl (C=O) groups excluding carboxylic acids is 1. The summed E-state index contributed by atoms with van der Waals surface area (Å²) in [6.45, 7) is 0.180. The van der Waals surface area contributed by atoms with Crippen LogP contribution in [0.2, 0.25) is 0 Å². The first-order valence-electron chi connectivity index (χ1n) is 6.80. The summed E-state index contributed by atoms with van der Waals surface area (Å²) in [6.07, 6.45) is 3.01. The molecule has 0 spiro atoms. The molecule has 4 nitrogen and oxygen atoms in total. The van der Waals surface area contributed by atoms with Crippen LogP contribution in [0, 0.1) is 11.3 Å². The summed E-state index contributed by atoms with van der Waals surface area (Å²) in [5.74, 6) is 0.294. The Balaban J connectivity index is 1.90. The Morgan fingerprint density at radius 1 is 1.26 bits per heavy atom. The van der Waals surface area contributed by atoms with Crippen molar-refractivity contribution in [1.82, 2.24) is 0 Å². The zero-order valence-electron chi connectivity index (χ0n) is 12.5. The number of methoxy groups -OCH3 is 1. The molecule has 0 bridgehead atoms. The summed E-state index contributed by atoms with van der Waals surface area (Å²) < 4.78 is 11.1. The zero-order chi connectivity index (χ0) is 16.7. The number of nitrogens with zero attached hydrogens (tertiary/aromatic N) is 1. The summed E-state index contributed by atoms with van der Waals surface area (Å²) in [6, 6.07) is 14.4. The lowest BCUT2D eigenvalue weighted by atomic mass is 10.1. The number of ether oxygens (including phenoxy) is 2. The van der Waals surface area contributed by atoms with Crippen LogP contribution in [0.4, 0.5) is 0 Å². The van der Waals surface area contributed by atoms with E-state index in [1.165, 1.54) is 6.08 Å². The number of hydrogen-bond donors (Lipinski definition) is 0. The topological polar surface area (TPSA) is 59.3 Å². The van der Waals surface area contributed by atoms with Crippen LogP contribution in [0.1, 0.15) is 16.7 Å². The minimum absolute atomic E-state index is 0.180. The van der Waals surface area contributed by atoms with E-state index in [9.17, 15) is 4.79 Å². The quantitative estimate of drug-likeness (QED) is 0.586. The van der Waals surface area contributed by atoms with Gasteiger partial charge in [-0.3, -0.25) is 0 Å². The maximum atomic E-state index is 11.7. The van der Waals surface area contributed by atoms with E-state index in [0.29, 0.717) is 5.56 Å². The lowest BCUT2D eigenvalue weighted by molar-refractivity contribution is -0.138. The molecule has 0 amide bonds. The summed E-state index contributed by atoms with van der Waals surface area (Å²) >= 11 is 3.38. The Kier molecular flexibility index (Phi) is 5.95. The molecular weight excluding hydrogens is 358 g/mol. The minimum Gasteiger partial charge on any atom is -0.496 e. The number of esters is 1. The van der Waals surface area contributed by atoms with Crippen molar-refractivity contribution in [3.8, 4) is 11.8 Å². The summed E-state index contributed by atoms with van der Waals surface area (Å²) in [7, 11) is 1.59. The maximum Gasteiger partial charge on any atom is 0.331 e. The summed E-state index contributed by atoms with van der Waals surface area (Å²) in [5, 5.41) is 8.72. The van der Waals surface area contributed by atoms with Crippen LogP contribution >= 0.6 is 15.9 Å². The monoisotopic (exact) mass is 371 g/mol. The molecule has 0 aliphatic rings. The van der Waals surface area contributed by atoms with Crippen molar-refractivity contribution in [2.24, 2.45) is 0 Å². The first-order chi connectivity index (χ1) is 11.1. The predicted octanol–water partition coefficient (Wildman–Crippen LogP) is 4.09. The molecule has 0 atom stereocenters. The van der Waals surface area contributed by atoms with Gasteiger partial charge in [0, 0.05) is 6.08 Å². The summed E-state index contributed by atoms with van der Waals surface area (Å²) in [5.41, 5.74) is 2.26. The Bertz CT molecular complexity index is 761.